The van der Waals surface area contributed by atoms with Gasteiger partial charge < -0.3 is 4.74 Å². The van der Waals surface area contributed by atoms with Crippen molar-refractivity contribution in [2.45, 2.75) is 18.7 Å². The summed E-state index contributed by atoms with van der Waals surface area (Å²) in [7, 11) is 0. The minimum Gasteiger partial charge on any atom is -0.432 e. The van der Waals surface area contributed by atoms with Gasteiger partial charge in [-0.3, -0.25) is 4.79 Å². The Labute approximate surface area is 96.4 Å². The SMILES string of the molecule is C#CC(OC(C)=O)(c1ccccc1)C(F)(F)F. The highest BCUT2D eigenvalue weighted by atomic mass is 19.4. The third kappa shape index (κ3) is 2.41. The fourth-order valence-corrected chi connectivity index (χ4v) is 1.36. The number of alkyl halides is 3. The van der Waals surface area contributed by atoms with Gasteiger partial charge in [-0.15, -0.1) is 6.42 Å². The molecule has 0 bridgehead atoms. The number of hydrogen-bond donors (Lipinski definition) is 0. The van der Waals surface area contributed by atoms with Crippen molar-refractivity contribution >= 4 is 5.97 Å². The van der Waals surface area contributed by atoms with Gasteiger partial charge in [0.15, 0.2) is 0 Å². The molecule has 0 fully saturated rings. The molecule has 1 rings (SSSR count). The van der Waals surface area contributed by atoms with E-state index >= 15 is 0 Å². The maximum Gasteiger partial charge on any atom is 0.445 e. The molecule has 0 aliphatic heterocycles. The molecule has 0 spiro atoms. The van der Waals surface area contributed by atoms with Crippen LogP contribution in [0.1, 0.15) is 12.5 Å². The van der Waals surface area contributed by atoms with Gasteiger partial charge in [0.25, 0.3) is 5.60 Å². The van der Waals surface area contributed by atoms with Crippen LogP contribution >= 0.6 is 0 Å². The van der Waals surface area contributed by atoms with E-state index < -0.39 is 17.7 Å². The zero-order valence-electron chi connectivity index (χ0n) is 8.91. The Kier molecular flexibility index (Phi) is 3.47. The number of terminal acetylenes is 1. The van der Waals surface area contributed by atoms with Crippen molar-refractivity contribution in [2.75, 3.05) is 0 Å². The smallest absolute Gasteiger partial charge is 0.432 e. The highest BCUT2D eigenvalue weighted by Gasteiger charge is 2.58. The minimum absolute atomic E-state index is 0.301. The molecule has 0 amide bonds. The third-order valence-electron chi connectivity index (χ3n) is 2.08. The quantitative estimate of drug-likeness (QED) is 0.588. The van der Waals surface area contributed by atoms with Gasteiger partial charge in [-0.25, -0.2) is 0 Å². The van der Waals surface area contributed by atoms with Crippen LogP contribution < -0.4 is 0 Å². The molecule has 5 heteroatoms. The number of ether oxygens (including phenoxy) is 1. The number of carbonyl (C=O) groups is 1. The Balaban J connectivity index is 3.38. The van der Waals surface area contributed by atoms with Crippen LogP contribution in [0.5, 0.6) is 0 Å². The summed E-state index contributed by atoms with van der Waals surface area (Å²) in [5.41, 5.74) is -3.33. The van der Waals surface area contributed by atoms with Gasteiger partial charge in [0, 0.05) is 12.5 Å². The van der Waals surface area contributed by atoms with E-state index in [1.54, 1.807) is 0 Å². The fraction of sp³-hybridized carbons (Fsp3) is 0.250. The van der Waals surface area contributed by atoms with Gasteiger partial charge in [-0.2, -0.15) is 13.2 Å². The van der Waals surface area contributed by atoms with E-state index in [0.717, 1.165) is 19.1 Å². The molecule has 0 N–H and O–H groups in total. The summed E-state index contributed by atoms with van der Waals surface area (Å²) in [6.45, 7) is 0.876. The molecular weight excluding hydrogens is 233 g/mol. The first-order valence-corrected chi connectivity index (χ1v) is 4.63. The first-order valence-electron chi connectivity index (χ1n) is 4.63. The zero-order valence-corrected chi connectivity index (χ0v) is 8.91. The highest BCUT2D eigenvalue weighted by Crippen LogP contribution is 2.41. The lowest BCUT2D eigenvalue weighted by Gasteiger charge is -2.30. The highest BCUT2D eigenvalue weighted by molar-refractivity contribution is 5.67. The molecular formula is C12H9F3O2. The van der Waals surface area contributed by atoms with Crippen molar-refractivity contribution in [3.05, 3.63) is 35.9 Å². The predicted molar refractivity (Wildman–Crippen MR) is 54.8 cm³/mol. The lowest BCUT2D eigenvalue weighted by atomic mass is 9.93. The topological polar surface area (TPSA) is 26.3 Å². The normalized spacial score (nSPS) is 14.5. The van der Waals surface area contributed by atoms with Crippen LogP contribution in [0.3, 0.4) is 0 Å². The summed E-state index contributed by atoms with van der Waals surface area (Å²) in [5, 5.41) is 0. The zero-order chi connectivity index (χ0) is 13.1. The molecule has 90 valence electrons. The monoisotopic (exact) mass is 242 g/mol. The molecule has 0 saturated carbocycles. The Morgan fingerprint density at radius 2 is 1.82 bits per heavy atom. The Hall–Kier alpha value is -1.96. The van der Waals surface area contributed by atoms with Crippen LogP contribution in [0.25, 0.3) is 0 Å². The molecule has 0 saturated heterocycles. The number of halogens is 3. The number of hydrogen-bond acceptors (Lipinski definition) is 2. The summed E-state index contributed by atoms with van der Waals surface area (Å²) >= 11 is 0. The number of rotatable bonds is 2. The van der Waals surface area contributed by atoms with Crippen molar-refractivity contribution in [2.24, 2.45) is 0 Å². The van der Waals surface area contributed by atoms with E-state index in [4.69, 9.17) is 6.42 Å². The Morgan fingerprint density at radius 3 is 2.18 bits per heavy atom. The lowest BCUT2D eigenvalue weighted by Crippen LogP contribution is -2.44. The van der Waals surface area contributed by atoms with Crippen LogP contribution in [0.4, 0.5) is 13.2 Å². The van der Waals surface area contributed by atoms with Gasteiger partial charge >= 0.3 is 12.1 Å². The van der Waals surface area contributed by atoms with Gasteiger partial charge in [0.05, 0.1) is 0 Å². The lowest BCUT2D eigenvalue weighted by molar-refractivity contribution is -0.252. The van der Waals surface area contributed by atoms with E-state index in [1.165, 1.54) is 24.1 Å². The molecule has 1 atom stereocenters. The van der Waals surface area contributed by atoms with E-state index in [0.29, 0.717) is 0 Å². The molecule has 0 aromatic heterocycles. The molecule has 17 heavy (non-hydrogen) atoms. The number of carbonyl (C=O) groups excluding carboxylic acids is 1. The molecule has 0 radical (unpaired) electrons. The van der Waals surface area contributed by atoms with Crippen molar-refractivity contribution in [1.82, 2.24) is 0 Å². The maximum atomic E-state index is 13.0. The van der Waals surface area contributed by atoms with E-state index in [1.807, 2.05) is 0 Å². The van der Waals surface area contributed by atoms with E-state index in [2.05, 4.69) is 4.74 Å². The molecule has 2 nitrogen and oxygen atoms in total. The van der Waals surface area contributed by atoms with Crippen molar-refractivity contribution in [3.8, 4) is 12.3 Å². The Bertz CT molecular complexity index is 445. The molecule has 0 aliphatic rings. The molecule has 0 aliphatic carbocycles. The summed E-state index contributed by atoms with van der Waals surface area (Å²) in [6, 6.07) is 6.63. The van der Waals surface area contributed by atoms with Gasteiger partial charge in [-0.05, 0) is 5.92 Å². The molecule has 1 unspecified atom stereocenters. The second-order valence-electron chi connectivity index (χ2n) is 3.28. The molecule has 1 aromatic rings. The van der Waals surface area contributed by atoms with Gasteiger partial charge in [0.1, 0.15) is 0 Å². The summed E-state index contributed by atoms with van der Waals surface area (Å²) in [5.74, 6) is 0.442. The molecule has 0 heterocycles. The average Bonchev–Trinajstić information content (AvgIpc) is 2.25. The van der Waals surface area contributed by atoms with Crippen LogP contribution in [0.2, 0.25) is 0 Å². The maximum absolute atomic E-state index is 13.0. The summed E-state index contributed by atoms with van der Waals surface area (Å²) in [4.78, 5) is 10.8. The number of esters is 1. The van der Waals surface area contributed by atoms with Gasteiger partial charge in [-0.1, -0.05) is 30.3 Å². The Morgan fingerprint density at radius 1 is 1.29 bits per heavy atom. The first kappa shape index (κ1) is 13.1. The molecule has 1 aromatic carbocycles. The standard InChI is InChI=1S/C12H9F3O2/c1-3-11(12(13,14)15,17-9(2)16)10-7-5-4-6-8-10/h1,4-8H,2H3. The average molecular weight is 242 g/mol. The second-order valence-corrected chi connectivity index (χ2v) is 3.28. The second kappa shape index (κ2) is 4.50. The van der Waals surface area contributed by atoms with Crippen LogP contribution in [0.15, 0.2) is 30.3 Å². The fourth-order valence-electron chi connectivity index (χ4n) is 1.36. The summed E-state index contributed by atoms with van der Waals surface area (Å²) < 4.78 is 43.3. The minimum atomic E-state index is -4.88. The van der Waals surface area contributed by atoms with Crippen LogP contribution in [-0.2, 0) is 15.1 Å². The van der Waals surface area contributed by atoms with Gasteiger partial charge in [0.2, 0.25) is 0 Å². The summed E-state index contributed by atoms with van der Waals surface area (Å²) in [6.07, 6.45) is 0.0468. The third-order valence-corrected chi connectivity index (χ3v) is 2.08. The van der Waals surface area contributed by atoms with Crippen molar-refractivity contribution in [3.63, 3.8) is 0 Å². The number of benzene rings is 1. The van der Waals surface area contributed by atoms with Crippen molar-refractivity contribution < 1.29 is 22.7 Å². The van der Waals surface area contributed by atoms with E-state index in [9.17, 15) is 18.0 Å². The van der Waals surface area contributed by atoms with Crippen LogP contribution in [0, 0.1) is 12.3 Å². The van der Waals surface area contributed by atoms with Crippen LogP contribution in [-0.4, -0.2) is 12.1 Å². The van der Waals surface area contributed by atoms with E-state index in [-0.39, 0.29) is 5.56 Å². The predicted octanol–water partition coefficient (Wildman–Crippen LogP) is 2.64. The van der Waals surface area contributed by atoms with Crippen molar-refractivity contribution in [1.29, 1.82) is 0 Å². The first-order chi connectivity index (χ1) is 7.83. The largest absolute Gasteiger partial charge is 0.445 e.